The van der Waals surface area contributed by atoms with Gasteiger partial charge in [-0.3, -0.25) is 0 Å². The fourth-order valence-corrected chi connectivity index (χ4v) is 2.26. The molecule has 0 bridgehead atoms. The summed E-state index contributed by atoms with van der Waals surface area (Å²) in [4.78, 5) is 0. The van der Waals surface area contributed by atoms with E-state index in [-0.39, 0.29) is 11.6 Å². The lowest BCUT2D eigenvalue weighted by Crippen LogP contribution is -2.21. The Bertz CT molecular complexity index is 575. The van der Waals surface area contributed by atoms with Crippen LogP contribution in [0.3, 0.4) is 0 Å². The second kappa shape index (κ2) is 6.83. The highest BCUT2D eigenvalue weighted by molar-refractivity contribution is 9.10. The van der Waals surface area contributed by atoms with Crippen molar-refractivity contribution in [3.05, 3.63) is 63.9 Å². The third-order valence-corrected chi connectivity index (χ3v) is 3.62. The molecule has 0 spiro atoms. The van der Waals surface area contributed by atoms with Gasteiger partial charge in [-0.1, -0.05) is 24.3 Å². The van der Waals surface area contributed by atoms with E-state index < -0.39 is 6.10 Å². The van der Waals surface area contributed by atoms with E-state index in [1.807, 2.05) is 6.07 Å². The fourth-order valence-electron chi connectivity index (χ4n) is 1.85. The maximum Gasteiger partial charge on any atom is 0.134 e. The zero-order valence-corrected chi connectivity index (χ0v) is 12.3. The molecule has 0 aliphatic rings. The Balaban J connectivity index is 1.89. The van der Waals surface area contributed by atoms with E-state index in [1.54, 1.807) is 24.3 Å². The first kappa shape index (κ1) is 15.0. The number of benzene rings is 2. The summed E-state index contributed by atoms with van der Waals surface area (Å²) in [6, 6.07) is 11.1. The highest BCUT2D eigenvalue weighted by Gasteiger charge is 2.08. The van der Waals surface area contributed by atoms with Crippen LogP contribution in [0.5, 0.6) is 5.75 Å². The highest BCUT2D eigenvalue weighted by atomic mass is 79.9. The van der Waals surface area contributed by atoms with Gasteiger partial charge in [0.15, 0.2) is 0 Å². The molecule has 0 amide bonds. The molecule has 0 aliphatic heterocycles. The van der Waals surface area contributed by atoms with Crippen LogP contribution in [0.15, 0.2) is 46.9 Å². The van der Waals surface area contributed by atoms with E-state index >= 15 is 0 Å². The predicted octanol–water partition coefficient (Wildman–Crippen LogP) is 3.12. The van der Waals surface area contributed by atoms with Gasteiger partial charge in [-0.05, 0) is 39.7 Å². The van der Waals surface area contributed by atoms with Crippen molar-refractivity contribution in [2.24, 2.45) is 0 Å². The number of halogens is 2. The largest absolute Gasteiger partial charge is 0.506 e. The number of rotatable bonds is 5. The van der Waals surface area contributed by atoms with Gasteiger partial charge in [0.05, 0.1) is 10.6 Å². The molecule has 0 saturated carbocycles. The summed E-state index contributed by atoms with van der Waals surface area (Å²) in [6.07, 6.45) is -0.718. The highest BCUT2D eigenvalue weighted by Crippen LogP contribution is 2.27. The van der Waals surface area contributed by atoms with Crippen molar-refractivity contribution in [2.75, 3.05) is 6.54 Å². The SMILES string of the molecule is Oc1c(Br)cccc1CNCC(O)c1ccc(F)cc1. The van der Waals surface area contributed by atoms with Crippen molar-refractivity contribution in [1.82, 2.24) is 5.32 Å². The van der Waals surface area contributed by atoms with Crippen LogP contribution >= 0.6 is 15.9 Å². The van der Waals surface area contributed by atoms with Gasteiger partial charge in [-0.2, -0.15) is 0 Å². The van der Waals surface area contributed by atoms with Gasteiger partial charge in [-0.25, -0.2) is 4.39 Å². The number of aromatic hydroxyl groups is 1. The van der Waals surface area contributed by atoms with Crippen LogP contribution in [-0.4, -0.2) is 16.8 Å². The number of aliphatic hydroxyl groups excluding tert-OH is 1. The molecule has 3 N–H and O–H groups in total. The van der Waals surface area contributed by atoms with Crippen molar-refractivity contribution in [1.29, 1.82) is 0 Å². The van der Waals surface area contributed by atoms with Crippen LogP contribution in [0.4, 0.5) is 4.39 Å². The molecule has 0 heterocycles. The van der Waals surface area contributed by atoms with Gasteiger partial charge in [0.25, 0.3) is 0 Å². The number of phenols is 1. The van der Waals surface area contributed by atoms with Crippen LogP contribution in [0.25, 0.3) is 0 Å². The van der Waals surface area contributed by atoms with E-state index in [4.69, 9.17) is 0 Å². The van der Waals surface area contributed by atoms with Crippen molar-refractivity contribution in [2.45, 2.75) is 12.6 Å². The van der Waals surface area contributed by atoms with Gasteiger partial charge in [0.2, 0.25) is 0 Å². The Labute approximate surface area is 125 Å². The van der Waals surface area contributed by atoms with Crippen LogP contribution in [0, 0.1) is 5.82 Å². The van der Waals surface area contributed by atoms with Gasteiger partial charge >= 0.3 is 0 Å². The molecule has 0 fully saturated rings. The van der Waals surface area contributed by atoms with Crippen molar-refractivity contribution < 1.29 is 14.6 Å². The molecule has 1 unspecified atom stereocenters. The minimum Gasteiger partial charge on any atom is -0.506 e. The molecule has 2 aromatic carbocycles. The summed E-state index contributed by atoms with van der Waals surface area (Å²) in [5.41, 5.74) is 1.39. The van der Waals surface area contributed by atoms with Gasteiger partial charge < -0.3 is 15.5 Å². The Morgan fingerprint density at radius 2 is 1.85 bits per heavy atom. The Morgan fingerprint density at radius 3 is 2.55 bits per heavy atom. The first-order valence-corrected chi connectivity index (χ1v) is 6.98. The summed E-state index contributed by atoms with van der Waals surface area (Å²) in [5.74, 6) is -0.135. The first-order chi connectivity index (χ1) is 9.58. The van der Waals surface area contributed by atoms with Gasteiger partial charge in [-0.15, -0.1) is 0 Å². The molecule has 2 rings (SSSR count). The van der Waals surface area contributed by atoms with E-state index in [0.717, 1.165) is 5.56 Å². The summed E-state index contributed by atoms with van der Waals surface area (Å²) < 4.78 is 13.4. The smallest absolute Gasteiger partial charge is 0.134 e. The molecular formula is C15H15BrFNO2. The zero-order chi connectivity index (χ0) is 14.5. The Kier molecular flexibility index (Phi) is 5.11. The molecule has 0 saturated heterocycles. The predicted molar refractivity (Wildman–Crippen MR) is 78.9 cm³/mol. The maximum atomic E-state index is 12.8. The van der Waals surface area contributed by atoms with Gasteiger partial charge in [0.1, 0.15) is 11.6 Å². The normalized spacial score (nSPS) is 12.3. The Hall–Kier alpha value is -1.43. The van der Waals surface area contributed by atoms with E-state index in [9.17, 15) is 14.6 Å². The molecule has 2 aromatic rings. The van der Waals surface area contributed by atoms with Crippen molar-refractivity contribution in [3.8, 4) is 5.75 Å². The van der Waals surface area contributed by atoms with Crippen LogP contribution in [0.1, 0.15) is 17.2 Å². The van der Waals surface area contributed by atoms with Crippen LogP contribution in [-0.2, 0) is 6.54 Å². The van der Waals surface area contributed by atoms with Crippen LogP contribution in [0.2, 0.25) is 0 Å². The monoisotopic (exact) mass is 339 g/mol. The average Bonchev–Trinajstić information content (AvgIpc) is 2.44. The fraction of sp³-hybridized carbons (Fsp3) is 0.200. The number of para-hydroxylation sites is 1. The molecule has 106 valence electrons. The molecule has 1 atom stereocenters. The van der Waals surface area contributed by atoms with E-state index in [0.29, 0.717) is 23.1 Å². The van der Waals surface area contributed by atoms with E-state index in [2.05, 4.69) is 21.2 Å². The third-order valence-electron chi connectivity index (χ3n) is 2.98. The summed E-state index contributed by atoms with van der Waals surface area (Å²) in [7, 11) is 0. The quantitative estimate of drug-likeness (QED) is 0.784. The van der Waals surface area contributed by atoms with Crippen molar-refractivity contribution >= 4 is 15.9 Å². The molecule has 5 heteroatoms. The average molecular weight is 340 g/mol. The number of aliphatic hydroxyl groups is 1. The van der Waals surface area contributed by atoms with Gasteiger partial charge in [0, 0.05) is 18.7 Å². The summed E-state index contributed by atoms with van der Waals surface area (Å²) >= 11 is 3.25. The lowest BCUT2D eigenvalue weighted by atomic mass is 10.1. The third kappa shape index (κ3) is 3.79. The second-order valence-corrected chi connectivity index (χ2v) is 5.30. The summed E-state index contributed by atoms with van der Waals surface area (Å²) in [5, 5.41) is 22.8. The number of phenolic OH excluding ortho intramolecular Hbond substituents is 1. The second-order valence-electron chi connectivity index (χ2n) is 4.45. The first-order valence-electron chi connectivity index (χ1n) is 6.18. The molecule has 0 aliphatic carbocycles. The standard InChI is InChI=1S/C15H15BrFNO2/c16-13-3-1-2-11(15(13)20)8-18-9-14(19)10-4-6-12(17)7-5-10/h1-7,14,18-20H,8-9H2. The molecule has 0 radical (unpaired) electrons. The van der Waals surface area contributed by atoms with E-state index in [1.165, 1.54) is 12.1 Å². The maximum absolute atomic E-state index is 12.8. The zero-order valence-electron chi connectivity index (χ0n) is 10.7. The molecule has 3 nitrogen and oxygen atoms in total. The molecular weight excluding hydrogens is 325 g/mol. The lowest BCUT2D eigenvalue weighted by molar-refractivity contribution is 0.174. The van der Waals surface area contributed by atoms with Crippen molar-refractivity contribution in [3.63, 3.8) is 0 Å². The summed E-state index contributed by atoms with van der Waals surface area (Å²) in [6.45, 7) is 0.751. The molecule has 0 aromatic heterocycles. The topological polar surface area (TPSA) is 52.5 Å². The number of hydrogen-bond acceptors (Lipinski definition) is 3. The van der Waals surface area contributed by atoms with Crippen LogP contribution < -0.4 is 5.32 Å². The lowest BCUT2D eigenvalue weighted by Gasteiger charge is -2.13. The minimum atomic E-state index is -0.718. The molecule has 20 heavy (non-hydrogen) atoms. The number of hydrogen-bond donors (Lipinski definition) is 3. The minimum absolute atomic E-state index is 0.191. The Morgan fingerprint density at radius 1 is 1.15 bits per heavy atom. The number of nitrogens with one attached hydrogen (secondary N) is 1.